The molecule has 3 heteroatoms. The number of aromatic nitrogens is 1. The highest BCUT2D eigenvalue weighted by Gasteiger charge is 2.67. The van der Waals surface area contributed by atoms with Crippen molar-refractivity contribution in [3.05, 3.63) is 15.6 Å². The van der Waals surface area contributed by atoms with Gasteiger partial charge in [0, 0.05) is 0 Å². The van der Waals surface area contributed by atoms with Gasteiger partial charge in [0.2, 0.25) is 0 Å². The van der Waals surface area contributed by atoms with E-state index in [1.54, 1.807) is 11.3 Å². The van der Waals surface area contributed by atoms with Crippen molar-refractivity contribution in [3.8, 4) is 0 Å². The van der Waals surface area contributed by atoms with Gasteiger partial charge in [-0.3, -0.25) is 0 Å². The molecule has 2 atom stereocenters. The van der Waals surface area contributed by atoms with Gasteiger partial charge in [-0.05, 0) is 38.5 Å². The van der Waals surface area contributed by atoms with Crippen molar-refractivity contribution >= 4 is 11.3 Å². The second-order valence-corrected chi connectivity index (χ2v) is 5.82. The average Bonchev–Trinajstić information content (AvgIpc) is 2.60. The Morgan fingerprint density at radius 2 is 2.00 bits per heavy atom. The molecule has 1 heterocycles. The summed E-state index contributed by atoms with van der Waals surface area (Å²) in [6.45, 7) is 4.04. The Labute approximate surface area is 88.0 Å². The number of hydrogen-bond donors (Lipinski definition) is 1. The first-order chi connectivity index (χ1) is 6.64. The van der Waals surface area contributed by atoms with Crippen LogP contribution in [0.2, 0.25) is 0 Å². The number of hydrogen-bond acceptors (Lipinski definition) is 3. The Balaban J connectivity index is 2.00. The quantitative estimate of drug-likeness (QED) is 0.770. The lowest BCUT2D eigenvalue weighted by molar-refractivity contribution is 0.108. The molecule has 14 heavy (non-hydrogen) atoms. The monoisotopic (exact) mass is 209 g/mol. The van der Waals surface area contributed by atoms with Crippen LogP contribution in [0.5, 0.6) is 0 Å². The van der Waals surface area contributed by atoms with Crippen molar-refractivity contribution in [1.82, 2.24) is 4.98 Å². The molecule has 3 rings (SSSR count). The number of thiazole rings is 1. The molecule has 0 spiro atoms. The zero-order chi connectivity index (χ0) is 9.92. The maximum absolute atomic E-state index is 10.5. The summed E-state index contributed by atoms with van der Waals surface area (Å²) in [5, 5.41) is 11.6. The van der Waals surface area contributed by atoms with Gasteiger partial charge < -0.3 is 5.11 Å². The van der Waals surface area contributed by atoms with E-state index < -0.39 is 5.60 Å². The van der Waals surface area contributed by atoms with E-state index >= 15 is 0 Å². The summed E-state index contributed by atoms with van der Waals surface area (Å²) < 4.78 is 0. The molecule has 0 amide bonds. The van der Waals surface area contributed by atoms with Crippen LogP contribution >= 0.6 is 11.3 Å². The second-order valence-electron chi connectivity index (χ2n) is 4.62. The van der Waals surface area contributed by atoms with Gasteiger partial charge in [0.15, 0.2) is 0 Å². The van der Waals surface area contributed by atoms with Crippen molar-refractivity contribution < 1.29 is 5.11 Å². The molecule has 2 fully saturated rings. The van der Waals surface area contributed by atoms with E-state index in [1.807, 2.05) is 13.8 Å². The molecule has 0 aromatic carbocycles. The molecule has 0 bridgehead atoms. The summed E-state index contributed by atoms with van der Waals surface area (Å²) in [7, 11) is 0. The minimum atomic E-state index is -0.478. The summed E-state index contributed by atoms with van der Waals surface area (Å²) in [5.74, 6) is 1.09. The third kappa shape index (κ3) is 0.920. The fraction of sp³-hybridized carbons (Fsp3) is 0.727. The van der Waals surface area contributed by atoms with Gasteiger partial charge in [0.1, 0.15) is 5.60 Å². The van der Waals surface area contributed by atoms with E-state index in [-0.39, 0.29) is 0 Å². The summed E-state index contributed by atoms with van der Waals surface area (Å²) in [6, 6.07) is 0. The third-order valence-electron chi connectivity index (χ3n) is 3.80. The van der Waals surface area contributed by atoms with Crippen molar-refractivity contribution in [2.45, 2.75) is 38.7 Å². The molecule has 0 saturated heterocycles. The van der Waals surface area contributed by atoms with Crippen LogP contribution in [0.1, 0.15) is 34.8 Å². The molecular formula is C11H15NOS. The van der Waals surface area contributed by atoms with Gasteiger partial charge in [0.05, 0.1) is 15.6 Å². The molecule has 1 N–H and O–H groups in total. The maximum Gasteiger partial charge on any atom is 0.107 e. The molecule has 2 aliphatic carbocycles. The highest BCUT2D eigenvalue weighted by molar-refractivity contribution is 7.11. The molecule has 2 unspecified atom stereocenters. The first-order valence-electron chi connectivity index (χ1n) is 5.31. The van der Waals surface area contributed by atoms with Gasteiger partial charge in [-0.15, -0.1) is 11.3 Å². The third-order valence-corrected chi connectivity index (χ3v) is 5.02. The molecule has 76 valence electrons. The standard InChI is InChI=1S/C11H15NOS/c1-6-10(14-7(2)12-6)11(13)8-4-3-5-9(8)11/h8-9,13H,3-5H2,1-2H3. The SMILES string of the molecule is Cc1nc(C)c(C2(O)C3CCCC32)s1. The normalized spacial score (nSPS) is 39.9. The molecule has 2 nitrogen and oxygen atoms in total. The number of fused-ring (bicyclic) bond motifs is 1. The lowest BCUT2D eigenvalue weighted by Gasteiger charge is -2.12. The van der Waals surface area contributed by atoms with Gasteiger partial charge in [-0.2, -0.15) is 0 Å². The fourth-order valence-corrected chi connectivity index (χ4v) is 4.30. The van der Waals surface area contributed by atoms with Gasteiger partial charge in [-0.25, -0.2) is 4.98 Å². The molecule has 1 aromatic heterocycles. The van der Waals surface area contributed by atoms with E-state index in [4.69, 9.17) is 0 Å². The number of aliphatic hydroxyl groups is 1. The summed E-state index contributed by atoms with van der Waals surface area (Å²) in [5.41, 5.74) is 0.568. The van der Waals surface area contributed by atoms with Crippen LogP contribution in [-0.4, -0.2) is 10.1 Å². The Hall–Kier alpha value is -0.410. The van der Waals surface area contributed by atoms with Crippen LogP contribution in [0.4, 0.5) is 0 Å². The topological polar surface area (TPSA) is 33.1 Å². The maximum atomic E-state index is 10.5. The fourth-order valence-electron chi connectivity index (χ4n) is 3.16. The van der Waals surface area contributed by atoms with Gasteiger partial charge in [0.25, 0.3) is 0 Å². The van der Waals surface area contributed by atoms with Gasteiger partial charge in [-0.1, -0.05) is 6.42 Å². The number of aryl methyl sites for hydroxylation is 2. The van der Waals surface area contributed by atoms with Crippen molar-refractivity contribution in [2.75, 3.05) is 0 Å². The minimum Gasteiger partial charge on any atom is -0.384 e. The Morgan fingerprint density at radius 1 is 1.36 bits per heavy atom. The predicted octanol–water partition coefficient (Wildman–Crippen LogP) is 2.38. The van der Waals surface area contributed by atoms with Gasteiger partial charge >= 0.3 is 0 Å². The first kappa shape index (κ1) is 8.86. The molecule has 2 aliphatic rings. The minimum absolute atomic E-state index is 0.478. The smallest absolute Gasteiger partial charge is 0.107 e. The zero-order valence-electron chi connectivity index (χ0n) is 8.58. The summed E-state index contributed by atoms with van der Waals surface area (Å²) in [6.07, 6.45) is 3.71. The van der Waals surface area contributed by atoms with Crippen molar-refractivity contribution in [3.63, 3.8) is 0 Å². The lowest BCUT2D eigenvalue weighted by atomic mass is 10.1. The van der Waals surface area contributed by atoms with Crippen LogP contribution in [0.15, 0.2) is 0 Å². The largest absolute Gasteiger partial charge is 0.384 e. The zero-order valence-corrected chi connectivity index (χ0v) is 9.40. The Morgan fingerprint density at radius 3 is 2.50 bits per heavy atom. The number of nitrogens with zero attached hydrogens (tertiary/aromatic N) is 1. The molecular weight excluding hydrogens is 194 g/mol. The lowest BCUT2D eigenvalue weighted by Crippen LogP contribution is -2.12. The summed E-state index contributed by atoms with van der Waals surface area (Å²) >= 11 is 1.68. The Kier molecular flexibility index (Phi) is 1.63. The van der Waals surface area contributed by atoms with E-state index in [0.29, 0.717) is 11.8 Å². The molecule has 1 aromatic rings. The van der Waals surface area contributed by atoms with Crippen LogP contribution in [0.25, 0.3) is 0 Å². The van der Waals surface area contributed by atoms with Crippen LogP contribution < -0.4 is 0 Å². The van der Waals surface area contributed by atoms with Crippen molar-refractivity contribution in [2.24, 2.45) is 11.8 Å². The molecule has 0 aliphatic heterocycles. The van der Waals surface area contributed by atoms with E-state index in [9.17, 15) is 5.11 Å². The number of rotatable bonds is 1. The second kappa shape index (κ2) is 2.58. The highest BCUT2D eigenvalue weighted by Crippen LogP contribution is 2.67. The van der Waals surface area contributed by atoms with E-state index in [0.717, 1.165) is 15.6 Å². The van der Waals surface area contributed by atoms with E-state index in [2.05, 4.69) is 4.98 Å². The Bertz CT molecular complexity index is 375. The van der Waals surface area contributed by atoms with Crippen LogP contribution in [-0.2, 0) is 5.60 Å². The molecule has 0 radical (unpaired) electrons. The average molecular weight is 209 g/mol. The first-order valence-corrected chi connectivity index (χ1v) is 6.12. The predicted molar refractivity (Wildman–Crippen MR) is 56.3 cm³/mol. The van der Waals surface area contributed by atoms with E-state index in [1.165, 1.54) is 19.3 Å². The summed E-state index contributed by atoms with van der Waals surface area (Å²) in [4.78, 5) is 5.55. The van der Waals surface area contributed by atoms with Crippen molar-refractivity contribution in [1.29, 1.82) is 0 Å². The highest BCUT2D eigenvalue weighted by atomic mass is 32.1. The van der Waals surface area contributed by atoms with Crippen LogP contribution in [0, 0.1) is 25.7 Å². The van der Waals surface area contributed by atoms with Crippen LogP contribution in [0.3, 0.4) is 0 Å². The molecule has 2 saturated carbocycles.